The second kappa shape index (κ2) is 11.9. The molecule has 0 saturated carbocycles. The Hall–Kier alpha value is -1.55. The topological polar surface area (TPSA) is 47.6 Å². The number of carbonyl (C=O) groups is 1. The van der Waals surface area contributed by atoms with Crippen LogP contribution in [0, 0.1) is 0 Å². The number of hydrogen-bond acceptors (Lipinski definition) is 3. The van der Waals surface area contributed by atoms with Crippen LogP contribution in [0.15, 0.2) is 24.3 Å². The number of unbranched alkanes of at least 4 members (excludes halogenated alkanes) is 3. The molecule has 0 saturated heterocycles. The smallest absolute Gasteiger partial charge is 0.256 e. The fraction of sp³-hybridized carbons (Fsp3) is 0.667. The van der Waals surface area contributed by atoms with Gasteiger partial charge in [0.2, 0.25) is 0 Å². The third-order valence-electron chi connectivity index (χ3n) is 4.24. The van der Waals surface area contributed by atoms with Crippen LogP contribution >= 0.6 is 0 Å². The molecule has 0 bridgehead atoms. The zero-order chi connectivity index (χ0) is 18.5. The van der Waals surface area contributed by atoms with Gasteiger partial charge in [-0.25, -0.2) is 0 Å². The average Bonchev–Trinajstić information content (AvgIpc) is 2.62. The van der Waals surface area contributed by atoms with Crippen molar-refractivity contribution >= 4 is 11.6 Å². The van der Waals surface area contributed by atoms with E-state index in [1.807, 2.05) is 31.2 Å². The molecule has 0 radical (unpaired) electrons. The predicted molar refractivity (Wildman–Crippen MR) is 104 cm³/mol. The summed E-state index contributed by atoms with van der Waals surface area (Å²) in [6.45, 7) is 9.58. The Kier molecular flexibility index (Phi) is 10.2. The molecule has 1 aromatic carbocycles. The molecule has 0 aliphatic heterocycles. The Morgan fingerprint density at radius 1 is 0.960 bits per heavy atom. The van der Waals surface area contributed by atoms with Gasteiger partial charge in [-0.05, 0) is 50.5 Å². The van der Waals surface area contributed by atoms with Crippen LogP contribution in [0.4, 0.5) is 5.69 Å². The molecular weight excluding hydrogens is 314 g/mol. The molecule has 0 aromatic heterocycles. The predicted octanol–water partition coefficient (Wildman–Crippen LogP) is 5.57. The molecule has 1 rings (SSSR count). The van der Waals surface area contributed by atoms with Gasteiger partial charge in [0.05, 0.1) is 6.61 Å². The first-order chi connectivity index (χ1) is 12.1. The molecule has 4 heteroatoms. The summed E-state index contributed by atoms with van der Waals surface area (Å²) >= 11 is 0. The molecule has 0 fully saturated rings. The van der Waals surface area contributed by atoms with Crippen molar-refractivity contribution in [1.29, 1.82) is 0 Å². The van der Waals surface area contributed by atoms with E-state index in [0.717, 1.165) is 63.0 Å². The first-order valence-corrected chi connectivity index (χ1v) is 9.74. The highest BCUT2D eigenvalue weighted by molar-refractivity contribution is 5.97. The molecule has 1 unspecified atom stereocenters. The second-order valence-electron chi connectivity index (χ2n) is 6.72. The van der Waals surface area contributed by atoms with E-state index in [1.165, 1.54) is 0 Å². The van der Waals surface area contributed by atoms with Crippen LogP contribution in [-0.2, 0) is 9.53 Å². The van der Waals surface area contributed by atoms with Crippen LogP contribution in [0.3, 0.4) is 0 Å². The van der Waals surface area contributed by atoms with Crippen molar-refractivity contribution in [3.8, 4) is 5.75 Å². The minimum Gasteiger partial charge on any atom is -0.494 e. The maximum absolute atomic E-state index is 12.8. The molecule has 142 valence electrons. The number of hydrogen-bond donors (Lipinski definition) is 1. The molecule has 25 heavy (non-hydrogen) atoms. The van der Waals surface area contributed by atoms with Crippen molar-refractivity contribution in [2.24, 2.45) is 0 Å². The van der Waals surface area contributed by atoms with Gasteiger partial charge >= 0.3 is 0 Å². The van der Waals surface area contributed by atoms with E-state index in [4.69, 9.17) is 9.47 Å². The lowest BCUT2D eigenvalue weighted by Crippen LogP contribution is -2.43. The van der Waals surface area contributed by atoms with E-state index >= 15 is 0 Å². The van der Waals surface area contributed by atoms with Gasteiger partial charge < -0.3 is 14.8 Å². The summed E-state index contributed by atoms with van der Waals surface area (Å²) in [5, 5.41) is 2.99. The molecule has 0 aliphatic carbocycles. The quantitative estimate of drug-likeness (QED) is 0.474. The number of anilines is 1. The Balaban J connectivity index is 2.64. The van der Waals surface area contributed by atoms with Crippen molar-refractivity contribution in [2.75, 3.05) is 18.5 Å². The van der Waals surface area contributed by atoms with Crippen LogP contribution in [0.5, 0.6) is 5.75 Å². The van der Waals surface area contributed by atoms with Crippen molar-refractivity contribution in [2.45, 2.75) is 78.2 Å². The number of ether oxygens (including phenoxy) is 2. The Morgan fingerprint density at radius 3 is 2.24 bits per heavy atom. The molecular formula is C21H35NO3. The van der Waals surface area contributed by atoms with Crippen LogP contribution in [0.25, 0.3) is 0 Å². The fourth-order valence-electron chi connectivity index (χ4n) is 2.52. The first kappa shape index (κ1) is 21.5. The van der Waals surface area contributed by atoms with Gasteiger partial charge in [0.1, 0.15) is 11.4 Å². The summed E-state index contributed by atoms with van der Waals surface area (Å²) in [6, 6.07) is 7.55. The zero-order valence-electron chi connectivity index (χ0n) is 16.4. The van der Waals surface area contributed by atoms with Gasteiger partial charge in [-0.3, -0.25) is 4.79 Å². The average molecular weight is 350 g/mol. The van der Waals surface area contributed by atoms with Gasteiger partial charge in [-0.2, -0.15) is 0 Å². The Labute approximate surface area is 153 Å². The van der Waals surface area contributed by atoms with E-state index in [1.54, 1.807) is 0 Å². The lowest BCUT2D eigenvalue weighted by molar-refractivity contribution is -0.140. The maximum Gasteiger partial charge on any atom is 0.256 e. The Morgan fingerprint density at radius 2 is 1.64 bits per heavy atom. The van der Waals surface area contributed by atoms with Crippen molar-refractivity contribution in [1.82, 2.24) is 0 Å². The summed E-state index contributed by atoms with van der Waals surface area (Å²) in [5.41, 5.74) is -0.00348. The third kappa shape index (κ3) is 7.91. The highest BCUT2D eigenvalue weighted by atomic mass is 16.5. The number of carbonyl (C=O) groups excluding carboxylic acids is 1. The molecule has 0 aliphatic rings. The molecule has 4 nitrogen and oxygen atoms in total. The number of nitrogens with one attached hydrogen (secondary N) is 1. The van der Waals surface area contributed by atoms with Gasteiger partial charge in [-0.15, -0.1) is 0 Å². The van der Waals surface area contributed by atoms with Gasteiger partial charge in [0.15, 0.2) is 0 Å². The second-order valence-corrected chi connectivity index (χ2v) is 6.72. The highest BCUT2D eigenvalue weighted by Gasteiger charge is 2.33. The summed E-state index contributed by atoms with van der Waals surface area (Å²) in [4.78, 5) is 12.8. The van der Waals surface area contributed by atoms with Crippen molar-refractivity contribution < 1.29 is 14.3 Å². The van der Waals surface area contributed by atoms with Crippen LogP contribution in [-0.4, -0.2) is 24.7 Å². The summed E-state index contributed by atoms with van der Waals surface area (Å²) in [7, 11) is 0. The van der Waals surface area contributed by atoms with Crippen LogP contribution < -0.4 is 10.1 Å². The largest absolute Gasteiger partial charge is 0.494 e. The van der Waals surface area contributed by atoms with Gasteiger partial charge in [0.25, 0.3) is 5.91 Å². The number of rotatable bonds is 13. The normalized spacial score (nSPS) is 13.3. The molecule has 0 spiro atoms. The summed E-state index contributed by atoms with van der Waals surface area (Å²) < 4.78 is 11.6. The maximum atomic E-state index is 12.8. The van der Waals surface area contributed by atoms with E-state index in [-0.39, 0.29) is 5.91 Å². The van der Waals surface area contributed by atoms with Gasteiger partial charge in [0, 0.05) is 12.3 Å². The van der Waals surface area contributed by atoms with Crippen molar-refractivity contribution in [3.63, 3.8) is 0 Å². The minimum absolute atomic E-state index is 0.0725. The summed E-state index contributed by atoms with van der Waals surface area (Å²) in [5.74, 6) is 0.760. The first-order valence-electron chi connectivity index (χ1n) is 9.74. The van der Waals surface area contributed by atoms with E-state index in [2.05, 4.69) is 26.1 Å². The minimum atomic E-state index is -0.776. The molecule has 1 aromatic rings. The van der Waals surface area contributed by atoms with Crippen molar-refractivity contribution in [3.05, 3.63) is 24.3 Å². The van der Waals surface area contributed by atoms with Crippen LogP contribution in [0.2, 0.25) is 0 Å². The monoisotopic (exact) mass is 349 g/mol. The lowest BCUT2D eigenvalue weighted by Gasteiger charge is -2.28. The highest BCUT2D eigenvalue weighted by Crippen LogP contribution is 2.23. The molecule has 1 atom stereocenters. The molecule has 1 amide bonds. The molecule has 1 N–H and O–H groups in total. The third-order valence-corrected chi connectivity index (χ3v) is 4.24. The molecule has 0 heterocycles. The standard InChI is InChI=1S/C21H35NO3/c1-5-8-10-15-21(4,25-16-7-3)20(23)22-18-11-13-19(14-12-18)24-17-9-6-2/h11-14H,5-10,15-17H2,1-4H3,(H,22,23). The van der Waals surface area contributed by atoms with E-state index in [0.29, 0.717) is 6.61 Å². The van der Waals surface area contributed by atoms with Gasteiger partial charge in [-0.1, -0.05) is 46.5 Å². The van der Waals surface area contributed by atoms with E-state index in [9.17, 15) is 4.79 Å². The Bertz CT molecular complexity index is 486. The van der Waals surface area contributed by atoms with Crippen LogP contribution in [0.1, 0.15) is 72.6 Å². The lowest BCUT2D eigenvalue weighted by atomic mass is 9.96. The summed E-state index contributed by atoms with van der Waals surface area (Å²) in [6.07, 6.45) is 7.04. The zero-order valence-corrected chi connectivity index (χ0v) is 16.4. The fourth-order valence-corrected chi connectivity index (χ4v) is 2.52. The van der Waals surface area contributed by atoms with E-state index < -0.39 is 5.60 Å². The number of benzene rings is 1. The SMILES string of the molecule is CCCCCC(C)(OCCC)C(=O)Nc1ccc(OCCCC)cc1. The number of amides is 1.